The Hall–Kier alpha value is -1.80. The van der Waals surface area contributed by atoms with Crippen LogP contribution in [0.25, 0.3) is 0 Å². The van der Waals surface area contributed by atoms with Crippen LogP contribution in [0.1, 0.15) is 30.0 Å². The quantitative estimate of drug-likeness (QED) is 0.870. The van der Waals surface area contributed by atoms with E-state index in [0.717, 1.165) is 0 Å². The monoisotopic (exact) mass is 309 g/mol. The van der Waals surface area contributed by atoms with Crippen molar-refractivity contribution in [3.8, 4) is 0 Å². The van der Waals surface area contributed by atoms with Crippen molar-refractivity contribution in [3.05, 3.63) is 11.3 Å². The molecular formula is C12H15F4N3O2. The smallest absolute Gasteiger partial charge is 0.413 e. The maximum absolute atomic E-state index is 12.9. The van der Waals surface area contributed by atoms with Crippen molar-refractivity contribution in [2.75, 3.05) is 11.9 Å². The van der Waals surface area contributed by atoms with Gasteiger partial charge < -0.3 is 4.74 Å². The Balaban J connectivity index is 2.04. The minimum atomic E-state index is -2.75. The molecule has 1 amide bonds. The van der Waals surface area contributed by atoms with Crippen molar-refractivity contribution >= 4 is 11.9 Å². The van der Waals surface area contributed by atoms with E-state index in [2.05, 4.69) is 15.2 Å². The summed E-state index contributed by atoms with van der Waals surface area (Å²) in [4.78, 5) is 11.4. The van der Waals surface area contributed by atoms with Crippen LogP contribution < -0.4 is 5.32 Å². The lowest BCUT2D eigenvalue weighted by molar-refractivity contribution is -0.0877. The van der Waals surface area contributed by atoms with Crippen LogP contribution in [0, 0.1) is 6.92 Å². The van der Waals surface area contributed by atoms with Gasteiger partial charge in [-0.25, -0.2) is 22.4 Å². The summed E-state index contributed by atoms with van der Waals surface area (Å²) in [6.45, 7) is 0.617. The predicted octanol–water partition coefficient (Wildman–Crippen LogP) is 3.05. The van der Waals surface area contributed by atoms with E-state index in [4.69, 9.17) is 0 Å². The van der Waals surface area contributed by atoms with Gasteiger partial charge in [0.15, 0.2) is 6.61 Å². The van der Waals surface area contributed by atoms with Gasteiger partial charge in [0.1, 0.15) is 5.82 Å². The standard InChI is InChI=1S/C12H15F4N3O2/c1-6-9(7-3-12(15,16)4-7)18-19(2)10(6)17-11(20)21-5-8(13)14/h7-8H,3-5H2,1-2H3,(H,17,20). The Morgan fingerprint density at radius 1 is 1.52 bits per heavy atom. The average molecular weight is 309 g/mol. The first-order valence-corrected chi connectivity index (χ1v) is 6.33. The van der Waals surface area contributed by atoms with E-state index >= 15 is 0 Å². The van der Waals surface area contributed by atoms with Gasteiger partial charge in [0.2, 0.25) is 5.92 Å². The molecule has 118 valence electrons. The van der Waals surface area contributed by atoms with Crippen LogP contribution >= 0.6 is 0 Å². The molecule has 0 radical (unpaired) electrons. The normalized spacial score (nSPS) is 17.7. The first kappa shape index (κ1) is 15.6. The number of alkyl halides is 4. The van der Waals surface area contributed by atoms with Gasteiger partial charge in [-0.15, -0.1) is 0 Å². The van der Waals surface area contributed by atoms with Gasteiger partial charge >= 0.3 is 6.09 Å². The zero-order chi connectivity index (χ0) is 15.8. The number of ether oxygens (including phenoxy) is 1. The predicted molar refractivity (Wildman–Crippen MR) is 65.8 cm³/mol. The molecule has 1 N–H and O–H groups in total. The molecule has 0 unspecified atom stereocenters. The second-order valence-electron chi connectivity index (χ2n) is 5.06. The molecule has 0 saturated heterocycles. The van der Waals surface area contributed by atoms with E-state index in [-0.39, 0.29) is 24.6 Å². The zero-order valence-electron chi connectivity index (χ0n) is 11.5. The molecule has 1 aromatic heterocycles. The van der Waals surface area contributed by atoms with Gasteiger partial charge in [0, 0.05) is 31.4 Å². The topological polar surface area (TPSA) is 56.2 Å². The van der Waals surface area contributed by atoms with Crippen molar-refractivity contribution in [2.45, 2.75) is 38.0 Å². The minimum Gasteiger partial charge on any atom is -0.443 e. The van der Waals surface area contributed by atoms with Crippen molar-refractivity contribution in [1.82, 2.24) is 9.78 Å². The number of anilines is 1. The van der Waals surface area contributed by atoms with E-state index in [1.165, 1.54) is 11.7 Å². The number of nitrogens with one attached hydrogen (secondary N) is 1. The molecule has 0 atom stereocenters. The van der Waals surface area contributed by atoms with Crippen molar-refractivity contribution in [3.63, 3.8) is 0 Å². The Kier molecular flexibility index (Phi) is 4.11. The summed E-state index contributed by atoms with van der Waals surface area (Å²) >= 11 is 0. The van der Waals surface area contributed by atoms with Gasteiger partial charge in [-0.3, -0.25) is 10.00 Å². The first-order valence-electron chi connectivity index (χ1n) is 6.33. The van der Waals surface area contributed by atoms with E-state index in [1.807, 2.05) is 0 Å². The molecule has 0 aliphatic heterocycles. The Labute approximate surface area is 118 Å². The van der Waals surface area contributed by atoms with Crippen LogP contribution in [0.4, 0.5) is 28.2 Å². The van der Waals surface area contributed by atoms with Crippen LogP contribution in [-0.2, 0) is 11.8 Å². The lowest BCUT2D eigenvalue weighted by Crippen LogP contribution is -2.34. The SMILES string of the molecule is Cc1c(C2CC(F)(F)C2)nn(C)c1NC(=O)OCC(F)F. The molecule has 1 heterocycles. The fourth-order valence-corrected chi connectivity index (χ4v) is 2.34. The molecule has 0 spiro atoms. The van der Waals surface area contributed by atoms with Crippen LogP contribution in [0.5, 0.6) is 0 Å². The lowest BCUT2D eigenvalue weighted by Gasteiger charge is -2.34. The van der Waals surface area contributed by atoms with Crippen molar-refractivity contribution in [2.24, 2.45) is 7.05 Å². The van der Waals surface area contributed by atoms with E-state index in [0.29, 0.717) is 11.3 Å². The molecule has 5 nitrogen and oxygen atoms in total. The summed E-state index contributed by atoms with van der Waals surface area (Å²) < 4.78 is 55.3. The average Bonchev–Trinajstić information content (AvgIpc) is 2.61. The molecule has 0 aromatic carbocycles. The van der Waals surface area contributed by atoms with Gasteiger partial charge in [0.05, 0.1) is 5.69 Å². The Morgan fingerprint density at radius 2 is 2.14 bits per heavy atom. The third-order valence-corrected chi connectivity index (χ3v) is 3.36. The van der Waals surface area contributed by atoms with Gasteiger partial charge in [0.25, 0.3) is 6.43 Å². The summed E-state index contributed by atoms with van der Waals surface area (Å²) in [6.07, 6.45) is -4.34. The maximum atomic E-state index is 12.9. The van der Waals surface area contributed by atoms with E-state index < -0.39 is 25.0 Å². The molecule has 1 saturated carbocycles. The fourth-order valence-electron chi connectivity index (χ4n) is 2.34. The number of carbonyl (C=O) groups is 1. The molecule has 1 fully saturated rings. The van der Waals surface area contributed by atoms with Crippen LogP contribution in [0.15, 0.2) is 0 Å². The largest absolute Gasteiger partial charge is 0.443 e. The second kappa shape index (κ2) is 5.53. The Morgan fingerprint density at radius 3 is 2.67 bits per heavy atom. The number of rotatable bonds is 4. The third-order valence-electron chi connectivity index (χ3n) is 3.36. The maximum Gasteiger partial charge on any atom is 0.413 e. The van der Waals surface area contributed by atoms with Crippen molar-refractivity contribution < 1.29 is 27.1 Å². The number of hydrogen-bond acceptors (Lipinski definition) is 3. The van der Waals surface area contributed by atoms with Crippen molar-refractivity contribution in [1.29, 1.82) is 0 Å². The third kappa shape index (κ3) is 3.45. The minimum absolute atomic E-state index is 0.250. The fraction of sp³-hybridized carbons (Fsp3) is 0.667. The number of amides is 1. The highest BCUT2D eigenvalue weighted by atomic mass is 19.3. The number of halogens is 4. The molecule has 1 aliphatic carbocycles. The molecule has 9 heteroatoms. The molecular weight excluding hydrogens is 294 g/mol. The lowest BCUT2D eigenvalue weighted by atomic mass is 9.78. The van der Waals surface area contributed by atoms with Crippen LogP contribution in [0.3, 0.4) is 0 Å². The number of aromatic nitrogens is 2. The Bertz CT molecular complexity index is 537. The number of hydrogen-bond donors (Lipinski definition) is 1. The summed E-state index contributed by atoms with van der Waals surface area (Å²) in [5, 5.41) is 6.41. The highest BCUT2D eigenvalue weighted by Crippen LogP contribution is 2.49. The summed E-state index contributed by atoms with van der Waals surface area (Å²) in [7, 11) is 1.52. The highest BCUT2D eigenvalue weighted by molar-refractivity contribution is 5.84. The second-order valence-corrected chi connectivity index (χ2v) is 5.06. The van der Waals surface area contributed by atoms with E-state index in [9.17, 15) is 22.4 Å². The van der Waals surface area contributed by atoms with Gasteiger partial charge in [-0.1, -0.05) is 0 Å². The van der Waals surface area contributed by atoms with Gasteiger partial charge in [-0.05, 0) is 6.92 Å². The summed E-state index contributed by atoms with van der Waals surface area (Å²) in [5.74, 6) is -2.78. The number of aryl methyl sites for hydroxylation is 1. The van der Waals surface area contributed by atoms with Crippen LogP contribution in [0.2, 0.25) is 0 Å². The number of carbonyl (C=O) groups excluding carboxylic acids is 1. The highest BCUT2D eigenvalue weighted by Gasteiger charge is 2.47. The molecule has 0 bridgehead atoms. The summed E-state index contributed by atoms with van der Waals surface area (Å²) in [6, 6.07) is 0. The number of nitrogens with zero attached hydrogens (tertiary/aromatic N) is 2. The zero-order valence-corrected chi connectivity index (χ0v) is 11.5. The molecule has 2 rings (SSSR count). The summed E-state index contributed by atoms with van der Waals surface area (Å²) in [5.41, 5.74) is 1.01. The van der Waals surface area contributed by atoms with Crippen LogP contribution in [-0.4, -0.2) is 34.8 Å². The molecule has 1 aliphatic rings. The van der Waals surface area contributed by atoms with E-state index in [1.54, 1.807) is 6.92 Å². The molecule has 1 aromatic rings. The first-order chi connectivity index (χ1) is 9.69. The van der Waals surface area contributed by atoms with Gasteiger partial charge in [-0.2, -0.15) is 5.10 Å². The molecule has 21 heavy (non-hydrogen) atoms.